The summed E-state index contributed by atoms with van der Waals surface area (Å²) >= 11 is 0. The Morgan fingerprint density at radius 3 is 2.57 bits per heavy atom. The van der Waals surface area contributed by atoms with Crippen LogP contribution in [-0.4, -0.2) is 34.6 Å². The van der Waals surface area contributed by atoms with Crippen molar-refractivity contribution in [3.8, 4) is 23.1 Å². The minimum absolute atomic E-state index is 0.179. The third kappa shape index (κ3) is 5.10. The summed E-state index contributed by atoms with van der Waals surface area (Å²) < 4.78 is 25.6. The van der Waals surface area contributed by atoms with Gasteiger partial charge in [-0.1, -0.05) is 18.8 Å². The molecule has 0 aliphatic heterocycles. The van der Waals surface area contributed by atoms with E-state index in [0.29, 0.717) is 34.6 Å². The van der Waals surface area contributed by atoms with Crippen LogP contribution in [0.25, 0.3) is 11.3 Å². The van der Waals surface area contributed by atoms with Crippen molar-refractivity contribution in [1.29, 1.82) is 0 Å². The normalized spacial score (nSPS) is 10.9. The van der Waals surface area contributed by atoms with Crippen molar-refractivity contribution in [2.45, 2.75) is 27.2 Å². The monoisotopic (exact) mass is 422 g/mol. The number of nitrogens with zero attached hydrogens (tertiary/aromatic N) is 4. The highest BCUT2D eigenvalue weighted by Gasteiger charge is 2.13. The van der Waals surface area contributed by atoms with Crippen molar-refractivity contribution in [2.75, 3.05) is 16.7 Å². The van der Waals surface area contributed by atoms with Gasteiger partial charge >= 0.3 is 0 Å². The topological polar surface area (TPSA) is 124 Å². The van der Waals surface area contributed by atoms with E-state index in [1.54, 1.807) is 25.4 Å². The Morgan fingerprint density at radius 2 is 1.90 bits per heavy atom. The highest BCUT2D eigenvalue weighted by Crippen LogP contribution is 2.25. The van der Waals surface area contributed by atoms with Gasteiger partial charge < -0.3 is 5.73 Å². The van der Waals surface area contributed by atoms with Crippen molar-refractivity contribution < 1.29 is 8.42 Å². The maximum Gasteiger partial charge on any atom is 0.229 e. The minimum atomic E-state index is -3.42. The summed E-state index contributed by atoms with van der Waals surface area (Å²) in [5, 5.41) is 0. The molecular weight excluding hydrogens is 400 g/mol. The Morgan fingerprint density at radius 1 is 1.13 bits per heavy atom. The summed E-state index contributed by atoms with van der Waals surface area (Å²) in [5.41, 5.74) is 11.1. The molecule has 0 spiro atoms. The summed E-state index contributed by atoms with van der Waals surface area (Å²) in [6.07, 6.45) is 5.02. The Kier molecular flexibility index (Phi) is 5.99. The van der Waals surface area contributed by atoms with Crippen LogP contribution in [-0.2, 0) is 16.4 Å². The lowest BCUT2D eigenvalue weighted by Crippen LogP contribution is -2.11. The van der Waals surface area contributed by atoms with Gasteiger partial charge in [-0.15, -0.1) is 0 Å². The van der Waals surface area contributed by atoms with Gasteiger partial charge in [0.2, 0.25) is 16.0 Å². The van der Waals surface area contributed by atoms with Crippen LogP contribution >= 0.6 is 0 Å². The van der Waals surface area contributed by atoms with E-state index < -0.39 is 10.0 Å². The van der Waals surface area contributed by atoms with Crippen LogP contribution in [0.2, 0.25) is 0 Å². The minimum Gasteiger partial charge on any atom is -0.368 e. The number of nitrogens with one attached hydrogen (secondary N) is 1. The van der Waals surface area contributed by atoms with Crippen molar-refractivity contribution in [3.63, 3.8) is 0 Å². The third-order valence-corrected chi connectivity index (χ3v) is 4.81. The lowest BCUT2D eigenvalue weighted by atomic mass is 10.0. The molecule has 0 saturated carbocycles. The molecule has 0 aromatic carbocycles. The maximum absolute atomic E-state index is 11.6. The molecule has 8 nitrogen and oxygen atoms in total. The summed E-state index contributed by atoms with van der Waals surface area (Å²) in [7, 11) is -3.42. The van der Waals surface area contributed by atoms with Gasteiger partial charge in [0.1, 0.15) is 0 Å². The average molecular weight is 423 g/mol. The summed E-state index contributed by atoms with van der Waals surface area (Å²) in [5.74, 6) is 6.36. The van der Waals surface area contributed by atoms with Crippen molar-refractivity contribution in [2.24, 2.45) is 0 Å². The first-order valence-electron chi connectivity index (χ1n) is 9.22. The first-order chi connectivity index (χ1) is 14.2. The summed E-state index contributed by atoms with van der Waals surface area (Å²) in [6.45, 7) is 5.59. The Bertz CT molecular complexity index is 1280. The number of nitrogen functional groups attached to an aromatic ring is 1. The molecule has 3 aromatic heterocycles. The van der Waals surface area contributed by atoms with E-state index in [1.165, 1.54) is 0 Å². The van der Waals surface area contributed by atoms with Gasteiger partial charge in [-0.05, 0) is 38.5 Å². The zero-order valence-corrected chi connectivity index (χ0v) is 18.0. The second-order valence-corrected chi connectivity index (χ2v) is 8.52. The molecule has 3 heterocycles. The Hall–Kier alpha value is -3.51. The van der Waals surface area contributed by atoms with Gasteiger partial charge in [0.25, 0.3) is 0 Å². The van der Waals surface area contributed by atoms with Gasteiger partial charge in [-0.25, -0.2) is 18.4 Å². The molecule has 0 aliphatic rings. The second kappa shape index (κ2) is 8.47. The van der Waals surface area contributed by atoms with Crippen LogP contribution in [0.4, 0.5) is 11.6 Å². The fourth-order valence-corrected chi connectivity index (χ4v) is 3.46. The smallest absolute Gasteiger partial charge is 0.229 e. The molecule has 0 saturated heterocycles. The summed E-state index contributed by atoms with van der Waals surface area (Å²) in [4.78, 5) is 17.2. The standard InChI is InChI=1S/C21H22N6O2S/c1-5-18-17(20(26-21(22)25-18)16-8-9-23-13(2)10-16)7-6-15-11-19(14(3)24-12-15)27-30(4,28)29/h8-12,27H,5H2,1-4H3,(H2,22,25,26). The molecule has 9 heteroatoms. The SMILES string of the molecule is CCc1nc(N)nc(-c2ccnc(C)c2)c1C#Cc1cnc(C)c(NS(C)(=O)=O)c1. The highest BCUT2D eigenvalue weighted by molar-refractivity contribution is 7.92. The van der Waals surface area contributed by atoms with E-state index in [4.69, 9.17) is 5.73 Å². The molecule has 0 aliphatic carbocycles. The van der Waals surface area contributed by atoms with E-state index in [0.717, 1.165) is 23.2 Å². The largest absolute Gasteiger partial charge is 0.368 e. The summed E-state index contributed by atoms with van der Waals surface area (Å²) in [6, 6.07) is 5.41. The molecular formula is C21H22N6O2S. The number of anilines is 2. The average Bonchev–Trinajstić information content (AvgIpc) is 2.67. The number of nitrogens with two attached hydrogens (primary N) is 1. The van der Waals surface area contributed by atoms with E-state index in [9.17, 15) is 8.42 Å². The van der Waals surface area contributed by atoms with Crippen molar-refractivity contribution in [3.05, 3.63) is 58.8 Å². The molecule has 0 bridgehead atoms. The predicted molar refractivity (Wildman–Crippen MR) is 117 cm³/mol. The third-order valence-electron chi connectivity index (χ3n) is 4.22. The number of hydrogen-bond donors (Lipinski definition) is 2. The number of pyridine rings is 2. The Labute approximate surface area is 176 Å². The molecule has 3 N–H and O–H groups in total. The maximum atomic E-state index is 11.6. The van der Waals surface area contributed by atoms with Crippen LogP contribution in [0, 0.1) is 25.7 Å². The molecule has 0 amide bonds. The number of aryl methyl sites for hydroxylation is 3. The lowest BCUT2D eigenvalue weighted by molar-refractivity contribution is 0.606. The van der Waals surface area contributed by atoms with E-state index in [1.807, 2.05) is 26.0 Å². The number of sulfonamides is 1. The van der Waals surface area contributed by atoms with Crippen LogP contribution in [0.5, 0.6) is 0 Å². The predicted octanol–water partition coefficient (Wildman–Crippen LogP) is 2.47. The van der Waals surface area contributed by atoms with E-state index in [-0.39, 0.29) is 5.95 Å². The molecule has 3 rings (SSSR count). The quantitative estimate of drug-likeness (QED) is 0.619. The van der Waals surface area contributed by atoms with Crippen LogP contribution in [0.3, 0.4) is 0 Å². The number of hydrogen-bond acceptors (Lipinski definition) is 7. The first kappa shape index (κ1) is 21.2. The second-order valence-electron chi connectivity index (χ2n) is 6.77. The number of aromatic nitrogens is 4. The molecule has 0 unspecified atom stereocenters. The van der Waals surface area contributed by atoms with E-state index >= 15 is 0 Å². The van der Waals surface area contributed by atoms with Gasteiger partial charge in [0, 0.05) is 29.2 Å². The highest BCUT2D eigenvalue weighted by atomic mass is 32.2. The first-order valence-corrected chi connectivity index (χ1v) is 11.1. The van der Waals surface area contributed by atoms with E-state index in [2.05, 4.69) is 36.5 Å². The van der Waals surface area contributed by atoms with Gasteiger partial charge in [-0.3, -0.25) is 14.7 Å². The fraction of sp³-hybridized carbons (Fsp3) is 0.238. The number of rotatable bonds is 4. The molecule has 3 aromatic rings. The molecule has 0 fully saturated rings. The van der Waals surface area contributed by atoms with Gasteiger partial charge in [-0.2, -0.15) is 0 Å². The molecule has 0 atom stereocenters. The fourth-order valence-electron chi connectivity index (χ4n) is 2.85. The molecule has 30 heavy (non-hydrogen) atoms. The van der Waals surface area contributed by atoms with Gasteiger partial charge in [0.05, 0.1) is 34.6 Å². The molecule has 0 radical (unpaired) electrons. The lowest BCUT2D eigenvalue weighted by Gasteiger charge is -2.10. The molecule has 154 valence electrons. The van der Waals surface area contributed by atoms with Gasteiger partial charge in [0.15, 0.2) is 0 Å². The van der Waals surface area contributed by atoms with Crippen molar-refractivity contribution in [1.82, 2.24) is 19.9 Å². The zero-order chi connectivity index (χ0) is 21.9. The van der Waals surface area contributed by atoms with Crippen LogP contribution in [0.1, 0.15) is 35.1 Å². The van der Waals surface area contributed by atoms with Crippen LogP contribution in [0.15, 0.2) is 30.6 Å². The Balaban J connectivity index is 2.13. The van der Waals surface area contributed by atoms with Crippen LogP contribution < -0.4 is 10.5 Å². The van der Waals surface area contributed by atoms with Crippen molar-refractivity contribution >= 4 is 21.7 Å². The zero-order valence-electron chi connectivity index (χ0n) is 17.2.